The van der Waals surface area contributed by atoms with Gasteiger partial charge in [0, 0.05) is 12.1 Å². The van der Waals surface area contributed by atoms with E-state index in [1.165, 1.54) is 6.07 Å². The Morgan fingerprint density at radius 2 is 1.68 bits per heavy atom. The van der Waals surface area contributed by atoms with Crippen LogP contribution in [0.5, 0.6) is 0 Å². The third-order valence-corrected chi connectivity index (χ3v) is 7.37. The van der Waals surface area contributed by atoms with Crippen LogP contribution in [0.1, 0.15) is 56.3 Å². The molecule has 0 heterocycles. The van der Waals surface area contributed by atoms with Crippen LogP contribution >= 0.6 is 17.0 Å². The molecule has 0 bridgehead atoms. The molecule has 184 valence electrons. The minimum Gasteiger partial charge on any atom is -0.388 e. The van der Waals surface area contributed by atoms with Crippen molar-refractivity contribution in [3.63, 3.8) is 0 Å². The second kappa shape index (κ2) is 12.2. The van der Waals surface area contributed by atoms with Gasteiger partial charge >= 0.3 is 0 Å². The maximum Gasteiger partial charge on any atom is 0.194 e. The van der Waals surface area contributed by atoms with Crippen LogP contribution in [-0.2, 0) is 6.54 Å². The van der Waals surface area contributed by atoms with Crippen molar-refractivity contribution in [2.75, 3.05) is 6.54 Å². The van der Waals surface area contributed by atoms with E-state index >= 15 is 0 Å². The Kier molecular flexibility index (Phi) is 9.57. The Morgan fingerprint density at radius 3 is 2.47 bits per heavy atom. The molecule has 6 heteroatoms. The SMILES string of the molecule is Br.CCC(CNCc1ccc(F)c(F)c1F)C1CCCC(C(O)c2cccc3ccccc23)C1. The van der Waals surface area contributed by atoms with Gasteiger partial charge in [-0.3, -0.25) is 0 Å². The van der Waals surface area contributed by atoms with Gasteiger partial charge in [-0.1, -0.05) is 74.7 Å². The molecule has 0 radical (unpaired) electrons. The number of aliphatic hydroxyl groups is 1. The number of fused-ring (bicyclic) bond motifs is 1. The van der Waals surface area contributed by atoms with E-state index in [1.807, 2.05) is 24.3 Å². The van der Waals surface area contributed by atoms with Crippen LogP contribution in [0.4, 0.5) is 13.2 Å². The predicted molar refractivity (Wildman–Crippen MR) is 136 cm³/mol. The molecule has 3 aromatic rings. The van der Waals surface area contributed by atoms with E-state index in [0.717, 1.165) is 54.5 Å². The van der Waals surface area contributed by atoms with Crippen molar-refractivity contribution in [1.82, 2.24) is 5.32 Å². The number of aliphatic hydroxyl groups excluding tert-OH is 1. The van der Waals surface area contributed by atoms with E-state index in [9.17, 15) is 18.3 Å². The summed E-state index contributed by atoms with van der Waals surface area (Å²) in [5.74, 6) is -2.67. The van der Waals surface area contributed by atoms with Gasteiger partial charge in [0.15, 0.2) is 17.5 Å². The van der Waals surface area contributed by atoms with Crippen LogP contribution in [0.3, 0.4) is 0 Å². The highest BCUT2D eigenvalue weighted by atomic mass is 79.9. The van der Waals surface area contributed by atoms with Gasteiger partial charge < -0.3 is 10.4 Å². The fraction of sp³-hybridized carbons (Fsp3) is 0.429. The largest absolute Gasteiger partial charge is 0.388 e. The van der Waals surface area contributed by atoms with Gasteiger partial charge in [0.25, 0.3) is 0 Å². The molecule has 1 aliphatic carbocycles. The van der Waals surface area contributed by atoms with Crippen molar-refractivity contribution >= 4 is 27.8 Å². The molecule has 2 N–H and O–H groups in total. The number of hydrogen-bond donors (Lipinski definition) is 2. The minimum absolute atomic E-state index is 0. The molecule has 0 amide bonds. The Morgan fingerprint density at radius 1 is 0.941 bits per heavy atom. The topological polar surface area (TPSA) is 32.3 Å². The lowest BCUT2D eigenvalue weighted by Gasteiger charge is -2.37. The second-order valence-corrected chi connectivity index (χ2v) is 9.33. The third-order valence-electron chi connectivity index (χ3n) is 7.37. The molecule has 2 nitrogen and oxygen atoms in total. The number of rotatable bonds is 8. The van der Waals surface area contributed by atoms with Crippen molar-refractivity contribution in [1.29, 1.82) is 0 Å². The van der Waals surface area contributed by atoms with E-state index in [-0.39, 0.29) is 35.0 Å². The van der Waals surface area contributed by atoms with Crippen molar-refractivity contribution in [2.24, 2.45) is 17.8 Å². The van der Waals surface area contributed by atoms with Crippen LogP contribution in [0.2, 0.25) is 0 Å². The van der Waals surface area contributed by atoms with Crippen molar-refractivity contribution in [3.05, 3.63) is 83.2 Å². The summed E-state index contributed by atoms with van der Waals surface area (Å²) in [6.07, 6.45) is 4.61. The summed E-state index contributed by atoms with van der Waals surface area (Å²) in [5.41, 5.74) is 1.13. The lowest BCUT2D eigenvalue weighted by atomic mass is 9.71. The quantitative estimate of drug-likeness (QED) is 0.293. The van der Waals surface area contributed by atoms with Crippen molar-refractivity contribution < 1.29 is 18.3 Å². The molecule has 4 rings (SSSR count). The lowest BCUT2D eigenvalue weighted by Crippen LogP contribution is -2.32. The van der Waals surface area contributed by atoms with Gasteiger partial charge in [-0.05, 0) is 59.5 Å². The van der Waals surface area contributed by atoms with Crippen LogP contribution in [-0.4, -0.2) is 11.7 Å². The maximum absolute atomic E-state index is 14.0. The molecule has 0 saturated heterocycles. The molecular formula is C28H33BrF3NO. The molecule has 34 heavy (non-hydrogen) atoms. The highest BCUT2D eigenvalue weighted by Gasteiger charge is 2.32. The Labute approximate surface area is 210 Å². The number of hydrogen-bond acceptors (Lipinski definition) is 2. The molecule has 4 unspecified atom stereocenters. The highest BCUT2D eigenvalue weighted by molar-refractivity contribution is 8.93. The van der Waals surface area contributed by atoms with Gasteiger partial charge in [0.05, 0.1) is 6.10 Å². The summed E-state index contributed by atoms with van der Waals surface area (Å²) in [7, 11) is 0. The van der Waals surface area contributed by atoms with Crippen LogP contribution < -0.4 is 5.32 Å². The van der Waals surface area contributed by atoms with Gasteiger partial charge in [-0.15, -0.1) is 17.0 Å². The number of benzene rings is 3. The summed E-state index contributed by atoms with van der Waals surface area (Å²) in [4.78, 5) is 0. The Bertz CT molecular complexity index is 1090. The molecule has 4 atom stereocenters. The molecule has 0 spiro atoms. The molecule has 0 aliphatic heterocycles. The summed E-state index contributed by atoms with van der Waals surface area (Å²) >= 11 is 0. The Balaban J connectivity index is 0.00000324. The fourth-order valence-electron chi connectivity index (χ4n) is 5.48. The molecule has 0 aromatic heterocycles. The van der Waals surface area contributed by atoms with Gasteiger partial charge in [0.2, 0.25) is 0 Å². The summed E-state index contributed by atoms with van der Waals surface area (Å²) < 4.78 is 40.6. The average Bonchev–Trinajstić information content (AvgIpc) is 2.85. The van der Waals surface area contributed by atoms with Crippen LogP contribution in [0.15, 0.2) is 54.6 Å². The minimum atomic E-state index is -1.42. The van der Waals surface area contributed by atoms with Gasteiger partial charge in [-0.25, -0.2) is 13.2 Å². The first-order valence-corrected chi connectivity index (χ1v) is 12.0. The maximum atomic E-state index is 14.0. The summed E-state index contributed by atoms with van der Waals surface area (Å²) in [6.45, 7) is 2.99. The third kappa shape index (κ3) is 5.84. The van der Waals surface area contributed by atoms with E-state index in [4.69, 9.17) is 0 Å². The number of nitrogens with one attached hydrogen (secondary N) is 1. The number of halogens is 4. The Hall–Kier alpha value is -1.89. The molecular weight excluding hydrogens is 503 g/mol. The van der Waals surface area contributed by atoms with Crippen LogP contribution in [0, 0.1) is 35.2 Å². The standard InChI is InChI=1S/C28H32F3NO.BrH/c1-2-18(16-32-17-22-13-14-25(29)27(31)26(22)30)20-9-5-10-21(15-20)28(33)24-12-6-8-19-7-3-4-11-23(19)24;/h3-4,6-8,11-14,18,20-21,28,32-33H,2,5,9-10,15-17H2,1H3;1H. The lowest BCUT2D eigenvalue weighted by molar-refractivity contribution is 0.0559. The zero-order chi connectivity index (χ0) is 23.4. The van der Waals surface area contributed by atoms with Crippen LogP contribution in [0.25, 0.3) is 10.8 Å². The second-order valence-electron chi connectivity index (χ2n) is 9.33. The average molecular weight is 536 g/mol. The summed E-state index contributed by atoms with van der Waals surface area (Å²) in [6, 6.07) is 16.5. The monoisotopic (exact) mass is 535 g/mol. The van der Waals surface area contributed by atoms with E-state index in [0.29, 0.717) is 18.4 Å². The fourth-order valence-corrected chi connectivity index (χ4v) is 5.48. The normalized spacial score (nSPS) is 20.0. The van der Waals surface area contributed by atoms with E-state index in [2.05, 4.69) is 30.4 Å². The predicted octanol–water partition coefficient (Wildman–Crippen LogP) is 7.49. The molecule has 1 aliphatic rings. The first kappa shape index (κ1) is 26.7. The van der Waals surface area contributed by atoms with Gasteiger partial charge in [0.1, 0.15) is 0 Å². The highest BCUT2D eigenvalue weighted by Crippen LogP contribution is 2.42. The molecule has 1 saturated carbocycles. The zero-order valence-corrected chi connectivity index (χ0v) is 21.2. The summed E-state index contributed by atoms with van der Waals surface area (Å²) in [5, 5.41) is 16.8. The molecule has 1 fully saturated rings. The van der Waals surface area contributed by atoms with Crippen molar-refractivity contribution in [3.8, 4) is 0 Å². The first-order valence-electron chi connectivity index (χ1n) is 12.0. The van der Waals surface area contributed by atoms with E-state index < -0.39 is 23.6 Å². The molecule has 3 aromatic carbocycles. The first-order chi connectivity index (χ1) is 16.0. The van der Waals surface area contributed by atoms with Gasteiger partial charge in [-0.2, -0.15) is 0 Å². The van der Waals surface area contributed by atoms with Crippen molar-refractivity contribution in [2.45, 2.75) is 51.7 Å². The van der Waals surface area contributed by atoms with E-state index in [1.54, 1.807) is 0 Å². The smallest absolute Gasteiger partial charge is 0.194 e. The zero-order valence-electron chi connectivity index (χ0n) is 19.4.